The minimum absolute atomic E-state index is 0.0695. The van der Waals surface area contributed by atoms with Crippen molar-refractivity contribution in [1.29, 1.82) is 0 Å². The summed E-state index contributed by atoms with van der Waals surface area (Å²) in [6.45, 7) is 2.71. The number of hydrazine groups is 1. The molecule has 6 nitrogen and oxygen atoms in total. The van der Waals surface area contributed by atoms with Gasteiger partial charge in [0.25, 0.3) is 0 Å². The Bertz CT molecular complexity index is 812. The van der Waals surface area contributed by atoms with Crippen LogP contribution in [0.25, 0.3) is 11.3 Å². The van der Waals surface area contributed by atoms with E-state index in [2.05, 4.69) is 47.1 Å². The van der Waals surface area contributed by atoms with Crippen molar-refractivity contribution in [2.45, 2.75) is 44.6 Å². The van der Waals surface area contributed by atoms with Crippen LogP contribution in [0.1, 0.15) is 43.2 Å². The van der Waals surface area contributed by atoms with Gasteiger partial charge in [0.1, 0.15) is 0 Å². The van der Waals surface area contributed by atoms with Crippen LogP contribution >= 0.6 is 0 Å². The summed E-state index contributed by atoms with van der Waals surface area (Å²) in [5.74, 6) is 0.866. The highest BCUT2D eigenvalue weighted by Crippen LogP contribution is 2.44. The number of carbonyl (C=O) groups is 1. The lowest BCUT2D eigenvalue weighted by molar-refractivity contribution is -0.133. The zero-order valence-corrected chi connectivity index (χ0v) is 16.1. The van der Waals surface area contributed by atoms with Crippen LogP contribution in [0.15, 0.2) is 30.5 Å². The molecule has 1 aromatic heterocycles. The van der Waals surface area contributed by atoms with E-state index in [9.17, 15) is 4.79 Å². The Labute approximate surface area is 160 Å². The predicted octanol–water partition coefficient (Wildman–Crippen LogP) is 2.11. The summed E-state index contributed by atoms with van der Waals surface area (Å²) < 4.78 is 1.98. The maximum absolute atomic E-state index is 12.3. The fourth-order valence-electron chi connectivity index (χ4n) is 4.86. The third-order valence-electron chi connectivity index (χ3n) is 6.43. The van der Waals surface area contributed by atoms with Crippen LogP contribution in [0, 0.1) is 11.8 Å². The number of amides is 1. The number of aromatic nitrogens is 2. The molecule has 2 heterocycles. The zero-order valence-electron chi connectivity index (χ0n) is 16.1. The first-order chi connectivity index (χ1) is 13.1. The van der Waals surface area contributed by atoms with Crippen molar-refractivity contribution in [1.82, 2.24) is 20.6 Å². The number of aryl methyl sites for hydroxylation is 2. The van der Waals surface area contributed by atoms with Gasteiger partial charge in [-0.3, -0.25) is 14.9 Å². The maximum Gasteiger partial charge on any atom is 0.237 e. The van der Waals surface area contributed by atoms with Gasteiger partial charge in [-0.2, -0.15) is 5.10 Å². The first-order valence-corrected chi connectivity index (χ1v) is 9.99. The van der Waals surface area contributed by atoms with Crippen molar-refractivity contribution in [3.63, 3.8) is 0 Å². The molecule has 1 amide bonds. The van der Waals surface area contributed by atoms with Crippen molar-refractivity contribution in [2.24, 2.45) is 24.6 Å². The molecule has 4 atom stereocenters. The smallest absolute Gasteiger partial charge is 0.237 e. The molecule has 2 fully saturated rings. The second-order valence-corrected chi connectivity index (χ2v) is 7.88. The van der Waals surface area contributed by atoms with Crippen LogP contribution in [0.2, 0.25) is 0 Å². The number of fused-ring (bicyclic) bond motifs is 1. The highest BCUT2D eigenvalue weighted by molar-refractivity contribution is 5.79. The minimum atomic E-state index is 0.0695. The van der Waals surface area contributed by atoms with Crippen LogP contribution in [0.3, 0.4) is 0 Å². The number of hydrogen-bond acceptors (Lipinski definition) is 4. The summed E-state index contributed by atoms with van der Waals surface area (Å²) in [6, 6.07) is 8.93. The Balaban J connectivity index is 1.63. The number of nitrogens with one attached hydrogen (secondary N) is 2. The SMILES string of the molecule is CCc1ccc(-c2c(C3CCC4C(=O)NNC(CN)C4C3)cnn2C)cc1. The normalized spacial score (nSPS) is 27.9. The van der Waals surface area contributed by atoms with Gasteiger partial charge in [0.05, 0.1) is 11.9 Å². The summed E-state index contributed by atoms with van der Waals surface area (Å²) in [6.07, 6.45) is 5.94. The predicted molar refractivity (Wildman–Crippen MR) is 106 cm³/mol. The molecule has 144 valence electrons. The van der Waals surface area contributed by atoms with Gasteiger partial charge in [-0.25, -0.2) is 5.43 Å². The Hall–Kier alpha value is -2.18. The van der Waals surface area contributed by atoms with Gasteiger partial charge in [-0.05, 0) is 43.1 Å². The van der Waals surface area contributed by atoms with Gasteiger partial charge in [0.2, 0.25) is 5.91 Å². The second-order valence-electron chi connectivity index (χ2n) is 7.88. The van der Waals surface area contributed by atoms with Crippen molar-refractivity contribution >= 4 is 5.91 Å². The van der Waals surface area contributed by atoms with Gasteiger partial charge >= 0.3 is 0 Å². The van der Waals surface area contributed by atoms with E-state index in [0.29, 0.717) is 12.5 Å². The highest BCUT2D eigenvalue weighted by Gasteiger charge is 2.43. The van der Waals surface area contributed by atoms with Crippen molar-refractivity contribution in [3.8, 4) is 11.3 Å². The standard InChI is InChI=1S/C21H29N5O/c1-3-13-4-6-14(7-5-13)20-18(12-23-26(20)2)15-8-9-16-17(10-15)19(11-22)24-25-21(16)27/h4-7,12,15-17,19,24H,3,8-11,22H2,1-2H3,(H,25,27). The van der Waals surface area contributed by atoms with Gasteiger partial charge < -0.3 is 5.73 Å². The molecule has 1 aliphatic carbocycles. The first kappa shape index (κ1) is 18.2. The fourth-order valence-corrected chi connectivity index (χ4v) is 4.86. The molecule has 4 N–H and O–H groups in total. The molecule has 1 aliphatic heterocycles. The van der Waals surface area contributed by atoms with E-state index in [-0.39, 0.29) is 23.8 Å². The van der Waals surface area contributed by atoms with Gasteiger partial charge in [-0.15, -0.1) is 0 Å². The number of rotatable bonds is 4. The molecule has 2 aromatic rings. The second kappa shape index (κ2) is 7.44. The highest BCUT2D eigenvalue weighted by atomic mass is 16.2. The third-order valence-corrected chi connectivity index (χ3v) is 6.43. The molecule has 4 unspecified atom stereocenters. The lowest BCUT2D eigenvalue weighted by Gasteiger charge is -2.43. The molecule has 0 radical (unpaired) electrons. The number of benzene rings is 1. The minimum Gasteiger partial charge on any atom is -0.329 e. The third kappa shape index (κ3) is 3.28. The average Bonchev–Trinajstić information content (AvgIpc) is 3.09. The Morgan fingerprint density at radius 3 is 2.74 bits per heavy atom. The van der Waals surface area contributed by atoms with Crippen molar-refractivity contribution < 1.29 is 4.79 Å². The summed E-state index contributed by atoms with van der Waals surface area (Å²) in [5.41, 5.74) is 16.9. The molecule has 1 saturated heterocycles. The molecule has 2 aliphatic rings. The van der Waals surface area contributed by atoms with E-state index in [1.54, 1.807) is 0 Å². The van der Waals surface area contributed by atoms with Crippen LogP contribution in [0.5, 0.6) is 0 Å². The quantitative estimate of drug-likeness (QED) is 0.773. The molecule has 1 saturated carbocycles. The Kier molecular flexibility index (Phi) is 5.02. The van der Waals surface area contributed by atoms with Crippen LogP contribution in [-0.4, -0.2) is 28.3 Å². The summed E-state index contributed by atoms with van der Waals surface area (Å²) in [7, 11) is 2.01. The monoisotopic (exact) mass is 367 g/mol. The Morgan fingerprint density at radius 2 is 2.04 bits per heavy atom. The maximum atomic E-state index is 12.3. The average molecular weight is 367 g/mol. The van der Waals surface area contributed by atoms with Crippen LogP contribution < -0.4 is 16.6 Å². The number of hydrogen-bond donors (Lipinski definition) is 3. The lowest BCUT2D eigenvalue weighted by atomic mass is 9.68. The number of nitrogens with zero attached hydrogens (tertiary/aromatic N) is 2. The Morgan fingerprint density at radius 1 is 1.26 bits per heavy atom. The fraction of sp³-hybridized carbons (Fsp3) is 0.524. The molecular formula is C21H29N5O. The summed E-state index contributed by atoms with van der Waals surface area (Å²) in [5, 5.41) is 4.57. The molecular weight excluding hydrogens is 338 g/mol. The molecule has 1 aromatic carbocycles. The van der Waals surface area contributed by atoms with Crippen molar-refractivity contribution in [3.05, 3.63) is 41.6 Å². The van der Waals surface area contributed by atoms with E-state index in [1.807, 2.05) is 17.9 Å². The molecule has 0 spiro atoms. The van der Waals surface area contributed by atoms with Gasteiger partial charge in [0, 0.05) is 36.7 Å². The topological polar surface area (TPSA) is 85.0 Å². The van der Waals surface area contributed by atoms with E-state index >= 15 is 0 Å². The van der Waals surface area contributed by atoms with E-state index in [1.165, 1.54) is 22.4 Å². The van der Waals surface area contributed by atoms with Gasteiger partial charge in [-0.1, -0.05) is 31.2 Å². The van der Waals surface area contributed by atoms with Crippen LogP contribution in [-0.2, 0) is 18.3 Å². The van der Waals surface area contributed by atoms with E-state index in [4.69, 9.17) is 5.73 Å². The van der Waals surface area contributed by atoms with Gasteiger partial charge in [0.15, 0.2) is 0 Å². The zero-order chi connectivity index (χ0) is 19.0. The first-order valence-electron chi connectivity index (χ1n) is 9.99. The van der Waals surface area contributed by atoms with E-state index < -0.39 is 0 Å². The lowest BCUT2D eigenvalue weighted by Crippen LogP contribution is -2.62. The summed E-state index contributed by atoms with van der Waals surface area (Å²) >= 11 is 0. The summed E-state index contributed by atoms with van der Waals surface area (Å²) in [4.78, 5) is 12.3. The van der Waals surface area contributed by atoms with Crippen molar-refractivity contribution in [2.75, 3.05) is 6.54 Å². The molecule has 4 rings (SSSR count). The number of carbonyl (C=O) groups excluding carboxylic acids is 1. The molecule has 27 heavy (non-hydrogen) atoms. The van der Waals surface area contributed by atoms with Crippen LogP contribution in [0.4, 0.5) is 0 Å². The molecule has 0 bridgehead atoms. The number of nitrogens with two attached hydrogens (primary N) is 1. The van der Waals surface area contributed by atoms with E-state index in [0.717, 1.165) is 25.7 Å². The largest absolute Gasteiger partial charge is 0.329 e. The molecule has 6 heteroatoms.